The monoisotopic (exact) mass is 272 g/mol. The molecular formula is C16H20N2O2. The fraction of sp³-hybridized carbons (Fsp3) is 0.375. The number of carbonyl (C=O) groups is 1. The van der Waals surface area contributed by atoms with Crippen molar-refractivity contribution in [1.82, 2.24) is 4.98 Å². The van der Waals surface area contributed by atoms with E-state index in [2.05, 4.69) is 37.1 Å². The van der Waals surface area contributed by atoms with Crippen LogP contribution in [0.3, 0.4) is 0 Å². The summed E-state index contributed by atoms with van der Waals surface area (Å²) in [5, 5.41) is 2.85. The Morgan fingerprint density at radius 3 is 2.75 bits per heavy atom. The first-order valence-corrected chi connectivity index (χ1v) is 6.76. The average molecular weight is 272 g/mol. The van der Waals surface area contributed by atoms with E-state index in [0.29, 0.717) is 11.6 Å². The number of carbonyl (C=O) groups excluding carboxylic acids is 1. The number of nitrogens with zero attached hydrogens (tertiary/aromatic N) is 1. The van der Waals surface area contributed by atoms with E-state index in [0.717, 1.165) is 12.1 Å². The predicted octanol–water partition coefficient (Wildman–Crippen LogP) is 3.92. The molecule has 0 aliphatic carbocycles. The van der Waals surface area contributed by atoms with Gasteiger partial charge in [-0.2, -0.15) is 0 Å². The van der Waals surface area contributed by atoms with E-state index in [-0.39, 0.29) is 11.3 Å². The van der Waals surface area contributed by atoms with Crippen molar-refractivity contribution in [1.29, 1.82) is 0 Å². The molecule has 0 aliphatic rings. The van der Waals surface area contributed by atoms with Gasteiger partial charge in [0, 0.05) is 12.6 Å². The maximum Gasteiger partial charge on any atom is 0.277 e. The Balaban J connectivity index is 2.18. The molecule has 0 fully saturated rings. The van der Waals surface area contributed by atoms with Gasteiger partial charge in [-0.3, -0.25) is 4.79 Å². The van der Waals surface area contributed by atoms with E-state index < -0.39 is 0 Å². The molecule has 0 unspecified atom stereocenters. The van der Waals surface area contributed by atoms with Crippen LogP contribution in [0.25, 0.3) is 0 Å². The van der Waals surface area contributed by atoms with E-state index >= 15 is 0 Å². The van der Waals surface area contributed by atoms with Gasteiger partial charge in [-0.25, -0.2) is 4.98 Å². The molecule has 1 aromatic carbocycles. The minimum atomic E-state index is -0.256. The lowest BCUT2D eigenvalue weighted by molar-refractivity contribution is 0.102. The lowest BCUT2D eigenvalue weighted by atomic mass is 9.82. The van der Waals surface area contributed by atoms with Crippen molar-refractivity contribution in [2.75, 3.05) is 5.32 Å². The molecule has 1 amide bonds. The smallest absolute Gasteiger partial charge is 0.277 e. The topological polar surface area (TPSA) is 55.1 Å². The molecule has 2 rings (SSSR count). The summed E-state index contributed by atoms with van der Waals surface area (Å²) in [5.41, 5.74) is 2.36. The average Bonchev–Trinajstić information content (AvgIpc) is 2.86. The van der Waals surface area contributed by atoms with Gasteiger partial charge < -0.3 is 9.73 Å². The molecule has 0 aliphatic heterocycles. The third-order valence-corrected chi connectivity index (χ3v) is 3.64. The minimum absolute atomic E-state index is 0.0885. The van der Waals surface area contributed by atoms with Gasteiger partial charge >= 0.3 is 0 Å². The number of hydrogen-bond donors (Lipinski definition) is 1. The van der Waals surface area contributed by atoms with E-state index in [1.54, 1.807) is 6.92 Å². The number of benzene rings is 1. The fourth-order valence-corrected chi connectivity index (χ4v) is 1.88. The van der Waals surface area contributed by atoms with Crippen LogP contribution >= 0.6 is 0 Å². The number of nitrogens with one attached hydrogen (secondary N) is 1. The summed E-state index contributed by atoms with van der Waals surface area (Å²) in [6.07, 6.45) is 2.40. The Morgan fingerprint density at radius 2 is 2.15 bits per heavy atom. The van der Waals surface area contributed by atoms with Crippen molar-refractivity contribution in [3.63, 3.8) is 0 Å². The summed E-state index contributed by atoms with van der Waals surface area (Å²) >= 11 is 0. The largest absolute Gasteiger partial charge is 0.448 e. The third kappa shape index (κ3) is 3.07. The van der Waals surface area contributed by atoms with Crippen LogP contribution in [0.5, 0.6) is 0 Å². The van der Waals surface area contributed by atoms with Crippen LogP contribution in [0.2, 0.25) is 0 Å². The highest BCUT2D eigenvalue weighted by Gasteiger charge is 2.18. The Bertz CT molecular complexity index is 614. The first-order valence-electron chi connectivity index (χ1n) is 6.76. The molecule has 106 valence electrons. The molecule has 1 N–H and O–H groups in total. The highest BCUT2D eigenvalue weighted by molar-refractivity contribution is 6.02. The molecule has 2 aromatic rings. The summed E-state index contributed by atoms with van der Waals surface area (Å²) in [7, 11) is 0. The quantitative estimate of drug-likeness (QED) is 0.917. The Kier molecular flexibility index (Phi) is 3.93. The van der Waals surface area contributed by atoms with Gasteiger partial charge in [-0.15, -0.1) is 0 Å². The first kappa shape index (κ1) is 14.3. The molecule has 1 aromatic heterocycles. The zero-order chi connectivity index (χ0) is 14.8. The summed E-state index contributed by atoms with van der Waals surface area (Å²) in [6, 6.07) is 7.92. The van der Waals surface area contributed by atoms with Crippen LogP contribution in [0.15, 0.2) is 34.9 Å². The Hall–Kier alpha value is -2.10. The molecule has 0 saturated carbocycles. The molecule has 4 nitrogen and oxygen atoms in total. The van der Waals surface area contributed by atoms with Gasteiger partial charge in [0.1, 0.15) is 6.26 Å². The molecule has 0 radical (unpaired) electrons. The number of oxazole rings is 1. The highest BCUT2D eigenvalue weighted by Crippen LogP contribution is 2.28. The molecular weight excluding hydrogens is 252 g/mol. The minimum Gasteiger partial charge on any atom is -0.448 e. The van der Waals surface area contributed by atoms with E-state index in [4.69, 9.17) is 4.42 Å². The third-order valence-electron chi connectivity index (χ3n) is 3.64. The van der Waals surface area contributed by atoms with Crippen LogP contribution in [0, 0.1) is 6.92 Å². The number of hydrogen-bond acceptors (Lipinski definition) is 3. The van der Waals surface area contributed by atoms with Gasteiger partial charge in [0.05, 0.1) is 0 Å². The zero-order valence-corrected chi connectivity index (χ0v) is 12.4. The molecule has 1 heterocycles. The summed E-state index contributed by atoms with van der Waals surface area (Å²) in [4.78, 5) is 16.0. The molecule has 0 bridgehead atoms. The number of amides is 1. The number of aromatic nitrogens is 1. The SMILES string of the molecule is CCC(C)(C)c1cccc(NC(=O)c2coc(C)n2)c1. The maximum absolute atomic E-state index is 12.0. The Labute approximate surface area is 119 Å². The second kappa shape index (κ2) is 5.49. The normalized spacial score (nSPS) is 11.4. The van der Waals surface area contributed by atoms with Crippen molar-refractivity contribution in [2.24, 2.45) is 0 Å². The summed E-state index contributed by atoms with van der Waals surface area (Å²) in [6.45, 7) is 8.24. The number of aryl methyl sites for hydroxylation is 1. The first-order chi connectivity index (χ1) is 9.42. The van der Waals surface area contributed by atoms with E-state index in [9.17, 15) is 4.79 Å². The van der Waals surface area contributed by atoms with Gasteiger partial charge in [0.2, 0.25) is 0 Å². The standard InChI is InChI=1S/C16H20N2O2/c1-5-16(3,4)12-7-6-8-13(9-12)18-15(19)14-10-20-11(2)17-14/h6-10H,5H2,1-4H3,(H,18,19). The van der Waals surface area contributed by atoms with Crippen molar-refractivity contribution in [3.8, 4) is 0 Å². The second-order valence-corrected chi connectivity index (χ2v) is 5.52. The van der Waals surface area contributed by atoms with Crippen LogP contribution in [0.1, 0.15) is 49.1 Å². The van der Waals surface area contributed by atoms with Gasteiger partial charge in [-0.05, 0) is 29.5 Å². The van der Waals surface area contributed by atoms with E-state index in [1.165, 1.54) is 11.8 Å². The second-order valence-electron chi connectivity index (χ2n) is 5.52. The fourth-order valence-electron chi connectivity index (χ4n) is 1.88. The molecule has 0 atom stereocenters. The van der Waals surface area contributed by atoms with Crippen LogP contribution < -0.4 is 5.32 Å². The number of anilines is 1. The predicted molar refractivity (Wildman–Crippen MR) is 79.0 cm³/mol. The van der Waals surface area contributed by atoms with Crippen molar-refractivity contribution < 1.29 is 9.21 Å². The van der Waals surface area contributed by atoms with Crippen LogP contribution in [-0.4, -0.2) is 10.9 Å². The Morgan fingerprint density at radius 1 is 1.40 bits per heavy atom. The highest BCUT2D eigenvalue weighted by atomic mass is 16.3. The molecule has 4 heteroatoms. The van der Waals surface area contributed by atoms with Gasteiger partial charge in [0.15, 0.2) is 11.6 Å². The molecule has 0 saturated heterocycles. The van der Waals surface area contributed by atoms with E-state index in [1.807, 2.05) is 18.2 Å². The van der Waals surface area contributed by atoms with Crippen molar-refractivity contribution >= 4 is 11.6 Å². The lowest BCUT2D eigenvalue weighted by Gasteiger charge is -2.23. The molecule has 20 heavy (non-hydrogen) atoms. The van der Waals surface area contributed by atoms with Gasteiger partial charge in [0.25, 0.3) is 5.91 Å². The van der Waals surface area contributed by atoms with Gasteiger partial charge in [-0.1, -0.05) is 32.9 Å². The summed E-state index contributed by atoms with van der Waals surface area (Å²) in [5.74, 6) is 0.226. The van der Waals surface area contributed by atoms with Crippen molar-refractivity contribution in [3.05, 3.63) is 47.7 Å². The lowest BCUT2D eigenvalue weighted by Crippen LogP contribution is -2.17. The summed E-state index contributed by atoms with van der Waals surface area (Å²) < 4.78 is 5.05. The molecule has 0 spiro atoms. The van der Waals surface area contributed by atoms with Crippen LogP contribution in [0.4, 0.5) is 5.69 Å². The number of rotatable bonds is 4. The maximum atomic E-state index is 12.0. The van der Waals surface area contributed by atoms with Crippen molar-refractivity contribution in [2.45, 2.75) is 39.5 Å². The zero-order valence-electron chi connectivity index (χ0n) is 12.4. The van der Waals surface area contributed by atoms with Crippen LogP contribution in [-0.2, 0) is 5.41 Å².